The predicted molar refractivity (Wildman–Crippen MR) is 112 cm³/mol. The second-order valence-corrected chi connectivity index (χ2v) is 7.88. The Balaban J connectivity index is 2.35. The SMILES string of the molecule is CCCN(C)c1ccc(NSCc2c(F)c(F)c(C)c(F)c2F)cc1C(OC=O)C(F)(F)F. The first-order valence-corrected chi connectivity index (χ1v) is 10.6. The molecule has 182 valence electrons. The highest BCUT2D eigenvalue weighted by atomic mass is 32.2. The molecule has 0 saturated heterocycles. The molecule has 0 spiro atoms. The molecule has 1 unspecified atom stereocenters. The van der Waals surface area contributed by atoms with E-state index >= 15 is 0 Å². The topological polar surface area (TPSA) is 41.6 Å². The summed E-state index contributed by atoms with van der Waals surface area (Å²) in [5.41, 5.74) is -1.76. The van der Waals surface area contributed by atoms with Crippen molar-refractivity contribution >= 4 is 29.8 Å². The molecule has 0 aliphatic carbocycles. The van der Waals surface area contributed by atoms with Crippen LogP contribution in [0.15, 0.2) is 18.2 Å². The van der Waals surface area contributed by atoms with Crippen LogP contribution in [0.3, 0.4) is 0 Å². The average Bonchev–Trinajstić information content (AvgIpc) is 2.76. The minimum Gasteiger partial charge on any atom is -0.450 e. The number of carbonyl (C=O) groups is 1. The zero-order valence-corrected chi connectivity index (χ0v) is 18.6. The molecule has 0 aliphatic heterocycles. The van der Waals surface area contributed by atoms with E-state index in [2.05, 4.69) is 9.46 Å². The van der Waals surface area contributed by atoms with Gasteiger partial charge in [-0.05, 0) is 43.5 Å². The maximum Gasteiger partial charge on any atom is 0.429 e. The van der Waals surface area contributed by atoms with Crippen molar-refractivity contribution < 1.29 is 40.3 Å². The minimum absolute atomic E-state index is 0.0845. The van der Waals surface area contributed by atoms with Crippen LogP contribution in [-0.4, -0.2) is 26.2 Å². The molecule has 4 nitrogen and oxygen atoms in total. The first kappa shape index (κ1) is 26.6. The second kappa shape index (κ2) is 11.0. The van der Waals surface area contributed by atoms with Crippen LogP contribution in [-0.2, 0) is 15.3 Å². The fourth-order valence-electron chi connectivity index (χ4n) is 3.12. The summed E-state index contributed by atoms with van der Waals surface area (Å²) in [7, 11) is 1.57. The van der Waals surface area contributed by atoms with Gasteiger partial charge in [-0.2, -0.15) is 13.2 Å². The van der Waals surface area contributed by atoms with Crippen molar-refractivity contribution in [3.8, 4) is 0 Å². The summed E-state index contributed by atoms with van der Waals surface area (Å²) >= 11 is 0.608. The molecule has 1 N–H and O–H groups in total. The van der Waals surface area contributed by atoms with Crippen molar-refractivity contribution in [2.24, 2.45) is 0 Å². The third kappa shape index (κ3) is 6.04. The van der Waals surface area contributed by atoms with Gasteiger partial charge in [0.05, 0.1) is 0 Å². The number of carbonyl (C=O) groups excluding carboxylic acids is 1. The molecule has 2 aromatic carbocycles. The van der Waals surface area contributed by atoms with E-state index in [0.717, 1.165) is 13.0 Å². The van der Waals surface area contributed by atoms with Crippen molar-refractivity contribution in [2.45, 2.75) is 38.3 Å². The largest absolute Gasteiger partial charge is 0.450 e. The monoisotopic (exact) mass is 498 g/mol. The molecule has 0 radical (unpaired) electrons. The molecule has 1 atom stereocenters. The molecule has 12 heteroatoms. The zero-order valence-electron chi connectivity index (χ0n) is 17.8. The van der Waals surface area contributed by atoms with Gasteiger partial charge in [-0.3, -0.25) is 4.79 Å². The summed E-state index contributed by atoms with van der Waals surface area (Å²) in [5.74, 6) is -6.70. The first-order valence-electron chi connectivity index (χ1n) is 9.64. The molecule has 0 heterocycles. The van der Waals surface area contributed by atoms with E-state index in [4.69, 9.17) is 0 Å². The molecule has 0 amide bonds. The number of nitrogens with one attached hydrogen (secondary N) is 1. The summed E-state index contributed by atoms with van der Waals surface area (Å²) in [6.45, 7) is 2.84. The molecule has 2 aromatic rings. The van der Waals surface area contributed by atoms with Gasteiger partial charge in [-0.25, -0.2) is 17.6 Å². The van der Waals surface area contributed by atoms with Crippen LogP contribution < -0.4 is 9.62 Å². The number of hydrogen-bond acceptors (Lipinski definition) is 5. The number of hydrogen-bond donors (Lipinski definition) is 1. The van der Waals surface area contributed by atoms with Crippen LogP contribution in [0.25, 0.3) is 0 Å². The number of rotatable bonds is 10. The molecule has 0 aromatic heterocycles. The van der Waals surface area contributed by atoms with E-state index in [9.17, 15) is 35.5 Å². The zero-order chi connectivity index (χ0) is 24.9. The van der Waals surface area contributed by atoms with E-state index in [1.54, 1.807) is 11.9 Å². The number of nitrogens with zero attached hydrogens (tertiary/aromatic N) is 1. The Morgan fingerprint density at radius 3 is 2.24 bits per heavy atom. The summed E-state index contributed by atoms with van der Waals surface area (Å²) in [6.07, 6.45) is -6.82. The fraction of sp³-hybridized carbons (Fsp3) is 0.381. The van der Waals surface area contributed by atoms with Gasteiger partial charge < -0.3 is 14.4 Å². The molecule has 2 rings (SSSR count). The van der Waals surface area contributed by atoms with E-state index in [-0.39, 0.29) is 23.4 Å². The number of ether oxygens (including phenoxy) is 1. The van der Waals surface area contributed by atoms with Gasteiger partial charge in [0.15, 0.2) is 23.3 Å². The lowest BCUT2D eigenvalue weighted by Gasteiger charge is -2.27. The Hall–Kier alpha value is -2.63. The van der Waals surface area contributed by atoms with E-state index in [1.807, 2.05) is 6.92 Å². The Morgan fingerprint density at radius 1 is 1.12 bits per heavy atom. The van der Waals surface area contributed by atoms with Gasteiger partial charge in [0, 0.05) is 47.4 Å². The summed E-state index contributed by atoms with van der Waals surface area (Å²) in [6, 6.07) is 3.86. The first-order chi connectivity index (χ1) is 15.4. The van der Waals surface area contributed by atoms with E-state index < -0.39 is 52.4 Å². The lowest BCUT2D eigenvalue weighted by atomic mass is 10.0. The highest BCUT2D eigenvalue weighted by Gasteiger charge is 2.44. The number of halogens is 7. The molecule has 0 saturated carbocycles. The Kier molecular flexibility index (Phi) is 8.87. The highest BCUT2D eigenvalue weighted by molar-refractivity contribution is 7.99. The Labute approximate surface area is 190 Å². The van der Waals surface area contributed by atoms with Gasteiger partial charge in [-0.15, -0.1) is 0 Å². The second-order valence-electron chi connectivity index (χ2n) is 7.10. The Bertz CT molecular complexity index is 973. The standard InChI is InChI=1S/C21H21F7N2O2S/c1-4-7-30(3)15-6-5-12(8-13(15)20(32-10-31)21(26,27)28)29-33-9-14-18(24)16(22)11(2)17(23)19(14)25/h5-6,8,10,20,29H,4,7,9H2,1-3H3. The van der Waals surface area contributed by atoms with Crippen LogP contribution in [0.1, 0.15) is 36.1 Å². The molecule has 0 bridgehead atoms. The maximum atomic E-state index is 14.0. The van der Waals surface area contributed by atoms with Gasteiger partial charge in [0.1, 0.15) is 0 Å². The molecule has 0 aliphatic rings. The minimum atomic E-state index is -4.91. The third-order valence-corrected chi connectivity index (χ3v) is 5.56. The van der Waals surface area contributed by atoms with E-state index in [0.29, 0.717) is 24.9 Å². The molecule has 33 heavy (non-hydrogen) atoms. The van der Waals surface area contributed by atoms with E-state index in [1.165, 1.54) is 12.1 Å². The predicted octanol–water partition coefficient (Wildman–Crippen LogP) is 6.43. The number of alkyl halides is 3. The van der Waals surface area contributed by atoms with Gasteiger partial charge in [-0.1, -0.05) is 6.92 Å². The maximum absolute atomic E-state index is 14.0. The van der Waals surface area contributed by atoms with Gasteiger partial charge in [0.25, 0.3) is 6.47 Å². The summed E-state index contributed by atoms with van der Waals surface area (Å²) < 4.78 is 103. The van der Waals surface area contributed by atoms with Crippen LogP contribution in [0.5, 0.6) is 0 Å². The summed E-state index contributed by atoms with van der Waals surface area (Å²) in [4.78, 5) is 12.3. The van der Waals surface area contributed by atoms with Crippen LogP contribution in [0.2, 0.25) is 0 Å². The van der Waals surface area contributed by atoms with Crippen LogP contribution >= 0.6 is 11.9 Å². The van der Waals surface area contributed by atoms with Crippen LogP contribution in [0, 0.1) is 30.2 Å². The fourth-order valence-corrected chi connectivity index (χ4v) is 3.88. The summed E-state index contributed by atoms with van der Waals surface area (Å²) in [5, 5.41) is 0. The number of benzene rings is 2. The van der Waals surface area contributed by atoms with Crippen molar-refractivity contribution in [1.82, 2.24) is 0 Å². The third-order valence-electron chi connectivity index (χ3n) is 4.75. The lowest BCUT2D eigenvalue weighted by Crippen LogP contribution is -2.27. The normalized spacial score (nSPS) is 12.4. The lowest BCUT2D eigenvalue weighted by molar-refractivity contribution is -0.217. The molecule has 0 fully saturated rings. The molecular weight excluding hydrogens is 477 g/mol. The smallest absolute Gasteiger partial charge is 0.429 e. The van der Waals surface area contributed by atoms with Gasteiger partial charge >= 0.3 is 6.18 Å². The van der Waals surface area contributed by atoms with Crippen LogP contribution in [0.4, 0.5) is 42.1 Å². The quantitative estimate of drug-likeness (QED) is 0.177. The number of anilines is 2. The van der Waals surface area contributed by atoms with Crippen molar-refractivity contribution in [3.05, 3.63) is 58.2 Å². The van der Waals surface area contributed by atoms with Crippen molar-refractivity contribution in [1.29, 1.82) is 0 Å². The highest BCUT2D eigenvalue weighted by Crippen LogP contribution is 2.41. The Morgan fingerprint density at radius 2 is 1.73 bits per heavy atom. The van der Waals surface area contributed by atoms with Crippen molar-refractivity contribution in [3.63, 3.8) is 0 Å². The van der Waals surface area contributed by atoms with Gasteiger partial charge in [0.2, 0.25) is 6.10 Å². The molecular formula is C21H21F7N2O2S. The van der Waals surface area contributed by atoms with Crippen molar-refractivity contribution in [2.75, 3.05) is 23.2 Å². The average molecular weight is 498 g/mol.